The van der Waals surface area contributed by atoms with Crippen molar-refractivity contribution in [2.24, 2.45) is 0 Å². The second kappa shape index (κ2) is 5.14. The number of hydrogen-bond donors (Lipinski definition) is 1. The lowest BCUT2D eigenvalue weighted by atomic mass is 10.3. The van der Waals surface area contributed by atoms with Gasteiger partial charge in [-0.05, 0) is 30.3 Å². The highest BCUT2D eigenvalue weighted by molar-refractivity contribution is 7.92. The lowest BCUT2D eigenvalue weighted by Crippen LogP contribution is -2.14. The third-order valence-corrected chi connectivity index (χ3v) is 4.00. The van der Waals surface area contributed by atoms with Gasteiger partial charge in [0, 0.05) is 0 Å². The first-order valence-electron chi connectivity index (χ1n) is 5.12. The molecule has 3 nitrogen and oxygen atoms in total. The standard InChI is InChI=1S/C12H8ClF2NO2S/c13-9-7-8(5-6-10(9)14)16-19(17,18)12-4-2-1-3-11(12)15/h1-7,16H. The van der Waals surface area contributed by atoms with Gasteiger partial charge >= 0.3 is 0 Å². The summed E-state index contributed by atoms with van der Waals surface area (Å²) in [6.07, 6.45) is 0. The van der Waals surface area contributed by atoms with E-state index < -0.39 is 26.6 Å². The normalized spacial score (nSPS) is 11.3. The van der Waals surface area contributed by atoms with Crippen LogP contribution in [0.1, 0.15) is 0 Å². The summed E-state index contributed by atoms with van der Waals surface area (Å²) >= 11 is 5.54. The molecule has 0 spiro atoms. The quantitative estimate of drug-likeness (QED) is 0.944. The molecule has 0 unspecified atom stereocenters. The van der Waals surface area contributed by atoms with Crippen LogP contribution in [0, 0.1) is 11.6 Å². The molecule has 0 atom stereocenters. The van der Waals surface area contributed by atoms with Crippen molar-refractivity contribution in [2.75, 3.05) is 4.72 Å². The third kappa shape index (κ3) is 3.02. The maximum absolute atomic E-state index is 13.4. The van der Waals surface area contributed by atoms with E-state index in [1.54, 1.807) is 0 Å². The predicted molar refractivity (Wildman–Crippen MR) is 68.6 cm³/mol. The van der Waals surface area contributed by atoms with Gasteiger partial charge in [0.15, 0.2) is 0 Å². The van der Waals surface area contributed by atoms with Crippen molar-refractivity contribution in [1.29, 1.82) is 0 Å². The molecular weight excluding hydrogens is 296 g/mol. The molecular formula is C12H8ClF2NO2S. The van der Waals surface area contributed by atoms with Gasteiger partial charge in [-0.1, -0.05) is 23.7 Å². The Morgan fingerprint density at radius 3 is 2.32 bits per heavy atom. The first-order chi connectivity index (χ1) is 8.90. The minimum Gasteiger partial charge on any atom is -0.279 e. The van der Waals surface area contributed by atoms with Crippen LogP contribution in [0.4, 0.5) is 14.5 Å². The van der Waals surface area contributed by atoms with Gasteiger partial charge in [-0.25, -0.2) is 17.2 Å². The third-order valence-electron chi connectivity index (χ3n) is 2.30. The molecule has 2 aromatic rings. The van der Waals surface area contributed by atoms with Crippen molar-refractivity contribution in [2.45, 2.75) is 4.90 Å². The molecule has 2 aromatic carbocycles. The van der Waals surface area contributed by atoms with E-state index in [4.69, 9.17) is 11.6 Å². The van der Waals surface area contributed by atoms with E-state index in [2.05, 4.69) is 4.72 Å². The zero-order chi connectivity index (χ0) is 14.0. The van der Waals surface area contributed by atoms with E-state index in [0.29, 0.717) is 0 Å². The zero-order valence-electron chi connectivity index (χ0n) is 9.40. The van der Waals surface area contributed by atoms with E-state index in [-0.39, 0.29) is 10.7 Å². The molecule has 0 heterocycles. The average Bonchev–Trinajstić information content (AvgIpc) is 2.34. The molecule has 0 aliphatic rings. The van der Waals surface area contributed by atoms with Crippen LogP contribution in [0.2, 0.25) is 5.02 Å². The Labute approximate surface area is 113 Å². The number of benzene rings is 2. The highest BCUT2D eigenvalue weighted by Gasteiger charge is 2.18. The Morgan fingerprint density at radius 1 is 1.00 bits per heavy atom. The fraction of sp³-hybridized carbons (Fsp3) is 0. The second-order valence-corrected chi connectivity index (χ2v) is 5.72. The molecule has 0 amide bonds. The van der Waals surface area contributed by atoms with Gasteiger partial charge in [0.25, 0.3) is 10.0 Å². The molecule has 0 bridgehead atoms. The van der Waals surface area contributed by atoms with Gasteiger partial charge in [-0.3, -0.25) is 4.72 Å². The average molecular weight is 304 g/mol. The molecule has 100 valence electrons. The first-order valence-corrected chi connectivity index (χ1v) is 6.99. The molecule has 0 radical (unpaired) electrons. The largest absolute Gasteiger partial charge is 0.279 e. The smallest absolute Gasteiger partial charge is 0.264 e. The van der Waals surface area contributed by atoms with Gasteiger partial charge in [0.1, 0.15) is 16.5 Å². The molecule has 0 saturated heterocycles. The van der Waals surface area contributed by atoms with Crippen molar-refractivity contribution in [3.8, 4) is 0 Å². The maximum Gasteiger partial charge on any atom is 0.264 e. The lowest BCUT2D eigenvalue weighted by molar-refractivity contribution is 0.570. The Hall–Kier alpha value is -1.66. The monoisotopic (exact) mass is 303 g/mol. The first kappa shape index (κ1) is 13.8. The van der Waals surface area contributed by atoms with E-state index in [1.165, 1.54) is 18.2 Å². The summed E-state index contributed by atoms with van der Waals surface area (Å²) in [7, 11) is -4.08. The van der Waals surface area contributed by atoms with E-state index in [9.17, 15) is 17.2 Å². The van der Waals surface area contributed by atoms with Gasteiger partial charge in [0.05, 0.1) is 10.7 Å². The Morgan fingerprint density at radius 2 is 1.68 bits per heavy atom. The number of sulfonamides is 1. The summed E-state index contributed by atoms with van der Waals surface area (Å²) in [6, 6.07) is 8.25. The zero-order valence-corrected chi connectivity index (χ0v) is 11.0. The van der Waals surface area contributed by atoms with E-state index in [0.717, 1.165) is 24.3 Å². The van der Waals surface area contributed by atoms with E-state index >= 15 is 0 Å². The Bertz CT molecular complexity index is 719. The Balaban J connectivity index is 2.37. The molecule has 0 saturated carbocycles. The van der Waals surface area contributed by atoms with Crippen LogP contribution in [-0.4, -0.2) is 8.42 Å². The van der Waals surface area contributed by atoms with Crippen LogP contribution in [0.15, 0.2) is 47.4 Å². The highest BCUT2D eigenvalue weighted by atomic mass is 35.5. The SMILES string of the molecule is O=S(=O)(Nc1ccc(F)c(Cl)c1)c1ccccc1F. The van der Waals surface area contributed by atoms with Crippen LogP contribution >= 0.6 is 11.6 Å². The van der Waals surface area contributed by atoms with Crippen molar-refractivity contribution < 1.29 is 17.2 Å². The fourth-order valence-electron chi connectivity index (χ4n) is 1.43. The second-order valence-electron chi connectivity index (χ2n) is 3.66. The number of halogens is 3. The van der Waals surface area contributed by atoms with Crippen molar-refractivity contribution >= 4 is 27.3 Å². The topological polar surface area (TPSA) is 46.2 Å². The number of hydrogen-bond acceptors (Lipinski definition) is 2. The number of rotatable bonds is 3. The van der Waals surface area contributed by atoms with Crippen molar-refractivity contribution in [1.82, 2.24) is 0 Å². The summed E-state index contributed by atoms with van der Waals surface area (Å²) < 4.78 is 52.4. The van der Waals surface area contributed by atoms with Crippen LogP contribution < -0.4 is 4.72 Å². The highest BCUT2D eigenvalue weighted by Crippen LogP contribution is 2.23. The lowest BCUT2D eigenvalue weighted by Gasteiger charge is -2.09. The molecule has 0 aliphatic carbocycles. The summed E-state index contributed by atoms with van der Waals surface area (Å²) in [5.41, 5.74) is 0.0506. The number of anilines is 1. The van der Waals surface area contributed by atoms with Crippen LogP contribution in [0.25, 0.3) is 0 Å². The maximum atomic E-state index is 13.4. The van der Waals surface area contributed by atoms with Gasteiger partial charge in [0.2, 0.25) is 0 Å². The van der Waals surface area contributed by atoms with Crippen molar-refractivity contribution in [3.05, 3.63) is 59.1 Å². The predicted octanol–water partition coefficient (Wildman–Crippen LogP) is 3.42. The molecule has 2 rings (SSSR count). The molecule has 0 aromatic heterocycles. The summed E-state index contributed by atoms with van der Waals surface area (Å²) in [5, 5.41) is -0.228. The summed E-state index contributed by atoms with van der Waals surface area (Å²) in [6.45, 7) is 0. The fourth-order valence-corrected chi connectivity index (χ4v) is 2.74. The number of nitrogens with one attached hydrogen (secondary N) is 1. The van der Waals surface area contributed by atoms with Crippen molar-refractivity contribution in [3.63, 3.8) is 0 Å². The Kier molecular flexibility index (Phi) is 3.73. The summed E-state index contributed by atoms with van der Waals surface area (Å²) in [5.74, 6) is -1.54. The van der Waals surface area contributed by atoms with Crippen LogP contribution in [0.3, 0.4) is 0 Å². The minimum absolute atomic E-state index is 0.0506. The minimum atomic E-state index is -4.08. The van der Waals surface area contributed by atoms with Gasteiger partial charge in [-0.2, -0.15) is 0 Å². The van der Waals surface area contributed by atoms with Gasteiger partial charge in [-0.15, -0.1) is 0 Å². The van der Waals surface area contributed by atoms with Gasteiger partial charge < -0.3 is 0 Å². The van der Waals surface area contributed by atoms with E-state index in [1.807, 2.05) is 0 Å². The van der Waals surface area contributed by atoms with Crippen LogP contribution in [0.5, 0.6) is 0 Å². The molecule has 0 aliphatic heterocycles. The molecule has 19 heavy (non-hydrogen) atoms. The summed E-state index contributed by atoms with van der Waals surface area (Å²) in [4.78, 5) is -0.490. The molecule has 0 fully saturated rings. The van der Waals surface area contributed by atoms with Crippen LogP contribution in [-0.2, 0) is 10.0 Å². The molecule has 1 N–H and O–H groups in total. The molecule has 7 heteroatoms.